The summed E-state index contributed by atoms with van der Waals surface area (Å²) >= 11 is 0. The maximum Gasteiger partial charge on any atom is 0.0926 e. The van der Waals surface area contributed by atoms with Gasteiger partial charge in [0.1, 0.15) is 0 Å². The topological polar surface area (TPSA) is 70.0 Å². The van der Waals surface area contributed by atoms with Crippen molar-refractivity contribution < 1.29 is 5.11 Å². The largest absolute Gasteiger partial charge is 0.390 e. The first-order chi connectivity index (χ1) is 11.3. The van der Waals surface area contributed by atoms with E-state index < -0.39 is 6.10 Å². The van der Waals surface area contributed by atoms with E-state index >= 15 is 0 Å². The summed E-state index contributed by atoms with van der Waals surface area (Å²) in [6, 6.07) is 1.90. The molecule has 1 aliphatic carbocycles. The van der Waals surface area contributed by atoms with E-state index in [0.29, 0.717) is 13.1 Å². The van der Waals surface area contributed by atoms with Gasteiger partial charge in [-0.1, -0.05) is 19.3 Å². The lowest BCUT2D eigenvalue weighted by Gasteiger charge is -2.49. The number of fused-ring (bicyclic) bond motifs is 2. The summed E-state index contributed by atoms with van der Waals surface area (Å²) in [4.78, 5) is 10.5. The van der Waals surface area contributed by atoms with Crippen LogP contribution in [0.1, 0.15) is 43.5 Å². The predicted molar refractivity (Wildman–Crippen MR) is 86.9 cm³/mol. The van der Waals surface area contributed by atoms with E-state index in [1.807, 2.05) is 23.3 Å². The van der Waals surface area contributed by atoms with Gasteiger partial charge in [-0.15, -0.1) is 0 Å². The molecule has 1 atom stereocenters. The lowest BCUT2D eigenvalue weighted by molar-refractivity contribution is -0.00883. The van der Waals surface area contributed by atoms with E-state index in [1.165, 1.54) is 30.7 Å². The van der Waals surface area contributed by atoms with E-state index in [0.717, 1.165) is 25.8 Å². The maximum absolute atomic E-state index is 10.6. The van der Waals surface area contributed by atoms with Crippen molar-refractivity contribution in [2.24, 2.45) is 0 Å². The highest BCUT2D eigenvalue weighted by Gasteiger charge is 2.45. The minimum Gasteiger partial charge on any atom is -0.390 e. The van der Waals surface area contributed by atoms with Crippen LogP contribution >= 0.6 is 0 Å². The zero-order valence-electron chi connectivity index (χ0n) is 13.5. The van der Waals surface area contributed by atoms with Gasteiger partial charge < -0.3 is 10.1 Å². The van der Waals surface area contributed by atoms with Crippen LogP contribution in [-0.2, 0) is 18.5 Å². The number of aromatic nitrogens is 4. The first kappa shape index (κ1) is 14.9. The molecule has 2 aromatic rings. The molecule has 1 saturated carbocycles. The van der Waals surface area contributed by atoms with E-state index in [-0.39, 0.29) is 5.54 Å². The SMILES string of the molecule is OC(CN1CCc2[nH]cnc2C12CCCCC2)Cn1cccn1. The molecule has 3 heterocycles. The molecule has 124 valence electrons. The second kappa shape index (κ2) is 6.09. The van der Waals surface area contributed by atoms with Gasteiger partial charge in [0.05, 0.1) is 30.2 Å². The van der Waals surface area contributed by atoms with Crippen molar-refractivity contribution >= 4 is 0 Å². The molecule has 23 heavy (non-hydrogen) atoms. The van der Waals surface area contributed by atoms with Crippen molar-refractivity contribution in [3.05, 3.63) is 36.2 Å². The minimum absolute atomic E-state index is 0.0247. The highest BCUT2D eigenvalue weighted by Crippen LogP contribution is 2.45. The van der Waals surface area contributed by atoms with Gasteiger partial charge in [-0.25, -0.2) is 4.98 Å². The number of rotatable bonds is 4. The van der Waals surface area contributed by atoms with Crippen molar-refractivity contribution in [1.82, 2.24) is 24.6 Å². The van der Waals surface area contributed by atoms with Crippen LogP contribution in [0.2, 0.25) is 0 Å². The summed E-state index contributed by atoms with van der Waals surface area (Å²) < 4.78 is 1.81. The molecule has 1 spiro atoms. The van der Waals surface area contributed by atoms with Crippen LogP contribution in [0.4, 0.5) is 0 Å². The molecule has 0 saturated heterocycles. The Balaban J connectivity index is 1.55. The maximum atomic E-state index is 10.6. The van der Waals surface area contributed by atoms with Gasteiger partial charge in [-0.2, -0.15) is 5.10 Å². The van der Waals surface area contributed by atoms with Crippen LogP contribution in [0.25, 0.3) is 0 Å². The molecular formula is C17H25N5O. The summed E-state index contributed by atoms with van der Waals surface area (Å²) in [5, 5.41) is 14.8. The van der Waals surface area contributed by atoms with E-state index in [4.69, 9.17) is 0 Å². The van der Waals surface area contributed by atoms with Crippen LogP contribution in [0.5, 0.6) is 0 Å². The van der Waals surface area contributed by atoms with Crippen LogP contribution in [-0.4, -0.2) is 48.9 Å². The summed E-state index contributed by atoms with van der Waals surface area (Å²) in [5.41, 5.74) is 2.55. The van der Waals surface area contributed by atoms with E-state index in [1.54, 1.807) is 6.20 Å². The van der Waals surface area contributed by atoms with Gasteiger partial charge in [0.2, 0.25) is 0 Å². The van der Waals surface area contributed by atoms with Crippen LogP contribution in [0.15, 0.2) is 24.8 Å². The zero-order chi connectivity index (χ0) is 15.7. The molecule has 2 aliphatic rings. The fourth-order valence-electron chi connectivity index (χ4n) is 4.42. The number of aliphatic hydroxyl groups is 1. The molecule has 1 unspecified atom stereocenters. The van der Waals surface area contributed by atoms with Gasteiger partial charge in [0, 0.05) is 37.6 Å². The Morgan fingerprint density at radius 3 is 2.91 bits per heavy atom. The molecular weight excluding hydrogens is 290 g/mol. The lowest BCUT2D eigenvalue weighted by atomic mass is 9.75. The fourth-order valence-corrected chi connectivity index (χ4v) is 4.42. The zero-order valence-corrected chi connectivity index (χ0v) is 13.5. The van der Waals surface area contributed by atoms with Crippen LogP contribution in [0, 0.1) is 0 Å². The van der Waals surface area contributed by atoms with E-state index in [2.05, 4.69) is 20.0 Å². The molecule has 4 rings (SSSR count). The van der Waals surface area contributed by atoms with Crippen molar-refractivity contribution in [3.63, 3.8) is 0 Å². The van der Waals surface area contributed by atoms with Crippen LogP contribution < -0.4 is 0 Å². The smallest absolute Gasteiger partial charge is 0.0926 e. The first-order valence-electron chi connectivity index (χ1n) is 8.71. The van der Waals surface area contributed by atoms with Gasteiger partial charge in [-0.05, 0) is 18.9 Å². The third kappa shape index (κ3) is 2.70. The highest BCUT2D eigenvalue weighted by molar-refractivity contribution is 5.26. The number of hydrogen-bond acceptors (Lipinski definition) is 4. The molecule has 1 fully saturated rings. The Morgan fingerprint density at radius 1 is 1.26 bits per heavy atom. The molecule has 1 aliphatic heterocycles. The monoisotopic (exact) mass is 315 g/mol. The van der Waals surface area contributed by atoms with Gasteiger partial charge in [0.25, 0.3) is 0 Å². The Kier molecular flexibility index (Phi) is 3.95. The summed E-state index contributed by atoms with van der Waals surface area (Å²) in [7, 11) is 0. The van der Waals surface area contributed by atoms with Crippen molar-refractivity contribution in [3.8, 4) is 0 Å². The standard InChI is InChI=1S/C17H25N5O/c23-14(12-22-9-4-8-20-22)11-21-10-5-15-16(19-13-18-15)17(21)6-2-1-3-7-17/h4,8-9,13-14,23H,1-3,5-7,10-12H2,(H,18,19). The van der Waals surface area contributed by atoms with Crippen molar-refractivity contribution in [2.45, 2.75) is 56.7 Å². The summed E-state index contributed by atoms with van der Waals surface area (Å²) in [6.45, 7) is 2.23. The Labute approximate surface area is 136 Å². The number of imidazole rings is 1. The Bertz CT molecular complexity index is 629. The Hall–Kier alpha value is -1.66. The van der Waals surface area contributed by atoms with Crippen molar-refractivity contribution in [1.29, 1.82) is 0 Å². The number of β-amino-alcohol motifs (C(OH)–C–C–N with tert-alkyl or cyclic N) is 1. The number of aromatic amines is 1. The van der Waals surface area contributed by atoms with Gasteiger partial charge >= 0.3 is 0 Å². The molecule has 2 aromatic heterocycles. The molecule has 2 N–H and O–H groups in total. The lowest BCUT2D eigenvalue weighted by Crippen LogP contribution is -2.54. The fraction of sp³-hybridized carbons (Fsp3) is 0.647. The highest BCUT2D eigenvalue weighted by atomic mass is 16.3. The average molecular weight is 315 g/mol. The van der Waals surface area contributed by atoms with E-state index in [9.17, 15) is 5.11 Å². The summed E-state index contributed by atoms with van der Waals surface area (Å²) in [5.74, 6) is 0. The molecule has 6 nitrogen and oxygen atoms in total. The number of aliphatic hydroxyl groups excluding tert-OH is 1. The third-order valence-electron chi connectivity index (χ3n) is 5.46. The van der Waals surface area contributed by atoms with Crippen LogP contribution in [0.3, 0.4) is 0 Å². The average Bonchev–Trinajstić information content (AvgIpc) is 3.23. The minimum atomic E-state index is -0.408. The first-order valence-corrected chi connectivity index (χ1v) is 8.71. The number of hydrogen-bond donors (Lipinski definition) is 2. The molecule has 0 aromatic carbocycles. The molecule has 0 radical (unpaired) electrons. The number of nitrogens with zero attached hydrogens (tertiary/aromatic N) is 4. The second-order valence-electron chi connectivity index (χ2n) is 6.90. The third-order valence-corrected chi connectivity index (χ3v) is 5.46. The normalized spacial score (nSPS) is 22.1. The molecule has 0 bridgehead atoms. The number of nitrogens with one attached hydrogen (secondary N) is 1. The Morgan fingerprint density at radius 2 is 2.13 bits per heavy atom. The predicted octanol–water partition coefficient (Wildman–Crippen LogP) is 1.68. The summed E-state index contributed by atoms with van der Waals surface area (Å²) in [6.07, 6.45) is 12.2. The van der Waals surface area contributed by atoms with Crippen molar-refractivity contribution in [2.75, 3.05) is 13.1 Å². The van der Waals surface area contributed by atoms with Gasteiger partial charge in [-0.3, -0.25) is 9.58 Å². The number of H-pyrrole nitrogens is 1. The molecule has 6 heteroatoms. The second-order valence-corrected chi connectivity index (χ2v) is 6.90. The van der Waals surface area contributed by atoms with Gasteiger partial charge in [0.15, 0.2) is 0 Å². The quantitative estimate of drug-likeness (QED) is 0.901. The molecule has 0 amide bonds.